The zero-order valence-corrected chi connectivity index (χ0v) is 14.8. The fourth-order valence-electron chi connectivity index (χ4n) is 3.01. The molecule has 25 heavy (non-hydrogen) atoms. The van der Waals surface area contributed by atoms with E-state index in [0.717, 1.165) is 11.3 Å². The van der Waals surface area contributed by atoms with Gasteiger partial charge in [-0.1, -0.05) is 72.8 Å². The van der Waals surface area contributed by atoms with E-state index >= 15 is 0 Å². The van der Waals surface area contributed by atoms with Crippen LogP contribution < -0.4 is 4.74 Å². The van der Waals surface area contributed by atoms with Gasteiger partial charge in [-0.05, 0) is 29.3 Å². The van der Waals surface area contributed by atoms with Crippen LogP contribution in [0.25, 0.3) is 32.0 Å². The number of thiophene rings is 1. The third-order valence-electron chi connectivity index (χ3n) is 4.23. The fraction of sp³-hybridized carbons (Fsp3) is 0.0435. The molecule has 0 saturated carbocycles. The lowest BCUT2D eigenvalue weighted by atomic mass is 10.0. The molecule has 2 heteroatoms. The third kappa shape index (κ3) is 3.09. The molecule has 3 aromatic carbocycles. The summed E-state index contributed by atoms with van der Waals surface area (Å²) < 4.78 is 5.57. The summed E-state index contributed by atoms with van der Waals surface area (Å²) in [6, 6.07) is 31.6. The Hall–Kier alpha value is -2.84. The van der Waals surface area contributed by atoms with Crippen LogP contribution in [0.4, 0.5) is 0 Å². The molecule has 0 amide bonds. The van der Waals surface area contributed by atoms with Gasteiger partial charge in [0.2, 0.25) is 0 Å². The number of hydrogen-bond donors (Lipinski definition) is 0. The molecule has 1 heterocycles. The monoisotopic (exact) mass is 342 g/mol. The second-order valence-corrected chi connectivity index (χ2v) is 6.84. The summed E-state index contributed by atoms with van der Waals surface area (Å²) >= 11 is 1.81. The van der Waals surface area contributed by atoms with Gasteiger partial charge in [0.05, 0.1) is 7.11 Å². The zero-order valence-electron chi connectivity index (χ0n) is 14.0. The van der Waals surface area contributed by atoms with Crippen LogP contribution in [0.2, 0.25) is 0 Å². The van der Waals surface area contributed by atoms with E-state index in [4.69, 9.17) is 4.74 Å². The minimum absolute atomic E-state index is 0.906. The van der Waals surface area contributed by atoms with Crippen LogP contribution in [-0.4, -0.2) is 7.11 Å². The molecule has 1 aromatic heterocycles. The standard InChI is InChI=1S/C23H18OS/c1-24-21-15-9-8-14-19(21)22-16-20(17-10-4-2-5-11-17)23(25-22)18-12-6-3-7-13-18/h2-16H,1H3. The van der Waals surface area contributed by atoms with Crippen LogP contribution in [-0.2, 0) is 0 Å². The van der Waals surface area contributed by atoms with Crippen molar-refractivity contribution in [2.24, 2.45) is 0 Å². The van der Waals surface area contributed by atoms with E-state index in [9.17, 15) is 0 Å². The van der Waals surface area contributed by atoms with E-state index in [1.165, 1.54) is 26.4 Å². The SMILES string of the molecule is COc1ccccc1-c1cc(-c2ccccc2)c(-c2ccccc2)s1. The van der Waals surface area contributed by atoms with Crippen LogP contribution in [0.3, 0.4) is 0 Å². The molecular weight excluding hydrogens is 324 g/mol. The Labute approximate surface area is 152 Å². The van der Waals surface area contributed by atoms with Crippen molar-refractivity contribution in [1.29, 1.82) is 0 Å². The summed E-state index contributed by atoms with van der Waals surface area (Å²) in [6.45, 7) is 0. The first-order valence-corrected chi connectivity index (χ1v) is 9.06. The summed E-state index contributed by atoms with van der Waals surface area (Å²) in [5, 5.41) is 0. The second-order valence-electron chi connectivity index (χ2n) is 5.79. The summed E-state index contributed by atoms with van der Waals surface area (Å²) in [7, 11) is 1.72. The molecule has 0 bridgehead atoms. The van der Waals surface area contributed by atoms with Crippen LogP contribution in [0.15, 0.2) is 91.0 Å². The van der Waals surface area contributed by atoms with E-state index in [1.54, 1.807) is 7.11 Å². The molecule has 0 aliphatic rings. The van der Waals surface area contributed by atoms with Gasteiger partial charge in [-0.2, -0.15) is 0 Å². The normalized spacial score (nSPS) is 10.6. The van der Waals surface area contributed by atoms with Crippen molar-refractivity contribution >= 4 is 11.3 Å². The molecule has 4 rings (SSSR count). The van der Waals surface area contributed by atoms with Gasteiger partial charge in [0.15, 0.2) is 0 Å². The molecule has 0 aliphatic heterocycles. The highest BCUT2D eigenvalue weighted by Gasteiger charge is 2.15. The van der Waals surface area contributed by atoms with Crippen molar-refractivity contribution in [2.45, 2.75) is 0 Å². The molecule has 0 spiro atoms. The van der Waals surface area contributed by atoms with Gasteiger partial charge in [0, 0.05) is 20.9 Å². The second kappa shape index (κ2) is 6.96. The smallest absolute Gasteiger partial charge is 0.127 e. The van der Waals surface area contributed by atoms with Crippen LogP contribution in [0.5, 0.6) is 5.75 Å². The third-order valence-corrected chi connectivity index (χ3v) is 5.44. The van der Waals surface area contributed by atoms with Crippen LogP contribution in [0, 0.1) is 0 Å². The van der Waals surface area contributed by atoms with Gasteiger partial charge in [-0.15, -0.1) is 11.3 Å². The predicted octanol–water partition coefficient (Wildman–Crippen LogP) is 6.76. The minimum atomic E-state index is 0.906. The predicted molar refractivity (Wildman–Crippen MR) is 107 cm³/mol. The molecule has 1 nitrogen and oxygen atoms in total. The summed E-state index contributed by atoms with van der Waals surface area (Å²) in [5.41, 5.74) is 4.87. The first-order valence-electron chi connectivity index (χ1n) is 8.25. The lowest BCUT2D eigenvalue weighted by Gasteiger charge is -2.05. The largest absolute Gasteiger partial charge is 0.496 e. The number of ether oxygens (including phenoxy) is 1. The molecule has 0 fully saturated rings. The fourth-order valence-corrected chi connectivity index (χ4v) is 4.22. The Balaban J connectivity index is 1.93. The lowest BCUT2D eigenvalue weighted by molar-refractivity contribution is 0.416. The van der Waals surface area contributed by atoms with Crippen LogP contribution in [0.1, 0.15) is 0 Å². The average molecular weight is 342 g/mol. The van der Waals surface area contributed by atoms with Crippen molar-refractivity contribution in [3.8, 4) is 37.8 Å². The maximum atomic E-state index is 5.57. The lowest BCUT2D eigenvalue weighted by Crippen LogP contribution is -1.85. The van der Waals surface area contributed by atoms with E-state index in [2.05, 4.69) is 78.9 Å². The minimum Gasteiger partial charge on any atom is -0.496 e. The number of benzene rings is 3. The Kier molecular flexibility index (Phi) is 4.36. The molecular formula is C23H18OS. The molecule has 4 aromatic rings. The van der Waals surface area contributed by atoms with Crippen molar-refractivity contribution in [2.75, 3.05) is 7.11 Å². The van der Waals surface area contributed by atoms with Crippen molar-refractivity contribution in [3.05, 3.63) is 91.0 Å². The quantitative estimate of drug-likeness (QED) is 0.398. The summed E-state index contributed by atoms with van der Waals surface area (Å²) in [4.78, 5) is 2.50. The number of para-hydroxylation sites is 1. The molecule has 0 atom stereocenters. The van der Waals surface area contributed by atoms with Gasteiger partial charge < -0.3 is 4.74 Å². The Morgan fingerprint density at radius 1 is 0.640 bits per heavy atom. The highest BCUT2D eigenvalue weighted by atomic mass is 32.1. The summed E-state index contributed by atoms with van der Waals surface area (Å²) in [6.07, 6.45) is 0. The number of rotatable bonds is 4. The summed E-state index contributed by atoms with van der Waals surface area (Å²) in [5.74, 6) is 0.906. The highest BCUT2D eigenvalue weighted by molar-refractivity contribution is 7.19. The molecule has 0 radical (unpaired) electrons. The van der Waals surface area contributed by atoms with Gasteiger partial charge in [-0.25, -0.2) is 0 Å². The van der Waals surface area contributed by atoms with Gasteiger partial charge in [0.25, 0.3) is 0 Å². The van der Waals surface area contributed by atoms with E-state index < -0.39 is 0 Å². The zero-order chi connectivity index (χ0) is 17.1. The number of hydrogen-bond acceptors (Lipinski definition) is 2. The Morgan fingerprint density at radius 2 is 1.24 bits per heavy atom. The molecule has 0 saturated heterocycles. The van der Waals surface area contributed by atoms with Gasteiger partial charge in [-0.3, -0.25) is 0 Å². The topological polar surface area (TPSA) is 9.23 Å². The van der Waals surface area contributed by atoms with E-state index in [1.807, 2.05) is 23.5 Å². The van der Waals surface area contributed by atoms with E-state index in [-0.39, 0.29) is 0 Å². The molecule has 0 aliphatic carbocycles. The van der Waals surface area contributed by atoms with Crippen LogP contribution >= 0.6 is 11.3 Å². The van der Waals surface area contributed by atoms with Crippen molar-refractivity contribution in [1.82, 2.24) is 0 Å². The van der Waals surface area contributed by atoms with Crippen molar-refractivity contribution < 1.29 is 4.74 Å². The molecule has 0 unspecified atom stereocenters. The molecule has 0 N–H and O–H groups in total. The van der Waals surface area contributed by atoms with Gasteiger partial charge in [0.1, 0.15) is 5.75 Å². The first-order chi connectivity index (χ1) is 12.4. The van der Waals surface area contributed by atoms with E-state index in [0.29, 0.717) is 0 Å². The maximum Gasteiger partial charge on any atom is 0.127 e. The van der Waals surface area contributed by atoms with Crippen molar-refractivity contribution in [3.63, 3.8) is 0 Å². The maximum absolute atomic E-state index is 5.57. The Morgan fingerprint density at radius 3 is 1.92 bits per heavy atom. The average Bonchev–Trinajstić information content (AvgIpc) is 3.14. The highest BCUT2D eigenvalue weighted by Crippen LogP contribution is 2.45. The number of methoxy groups -OCH3 is 1. The first kappa shape index (κ1) is 15.7. The van der Waals surface area contributed by atoms with Gasteiger partial charge >= 0.3 is 0 Å². The molecule has 122 valence electrons. The Bertz CT molecular complexity index is 914.